The Kier molecular flexibility index (Phi) is 2.49. The van der Waals surface area contributed by atoms with Crippen LogP contribution in [0.25, 0.3) is 0 Å². The topological polar surface area (TPSA) is 23.5 Å². The Morgan fingerprint density at radius 1 is 1.44 bits per heavy atom. The maximum absolute atomic E-state index is 8.97. The minimum atomic E-state index is -0.150. The Labute approximate surface area is 56.5 Å². The minimum Gasteiger partial charge on any atom is -0.392 e. The van der Waals surface area contributed by atoms with Gasteiger partial charge in [-0.2, -0.15) is 0 Å². The molecule has 9 heavy (non-hydrogen) atoms. The van der Waals surface area contributed by atoms with Crippen molar-refractivity contribution in [1.29, 1.82) is 0 Å². The molecule has 0 amide bonds. The Morgan fingerprint density at radius 2 is 2.00 bits per heavy atom. The lowest BCUT2D eigenvalue weighted by Crippen LogP contribution is -2.27. The number of aliphatic hydroxyl groups is 1. The summed E-state index contributed by atoms with van der Waals surface area (Å²) in [5, 5.41) is 8.97. The normalized spacial score (nSPS) is 24.7. The van der Waals surface area contributed by atoms with E-state index in [9.17, 15) is 0 Å². The number of β-amino-alcohol motifs (C(OH)–C–C–N with tert-alkyl or cyclic N) is 1. The van der Waals surface area contributed by atoms with Gasteiger partial charge in [0.2, 0.25) is 0 Å². The van der Waals surface area contributed by atoms with Crippen molar-refractivity contribution in [3.05, 3.63) is 0 Å². The smallest absolute Gasteiger partial charge is 0.0639 e. The Hall–Kier alpha value is -0.0800. The second-order valence-electron chi connectivity index (χ2n) is 2.86. The lowest BCUT2D eigenvalue weighted by Gasteiger charge is -2.15. The second kappa shape index (κ2) is 3.18. The molecule has 0 spiro atoms. The van der Waals surface area contributed by atoms with Gasteiger partial charge in [-0.15, -0.1) is 0 Å². The summed E-state index contributed by atoms with van der Waals surface area (Å²) < 4.78 is 0. The number of hydrogen-bond acceptors (Lipinski definition) is 2. The first-order chi connectivity index (χ1) is 4.29. The molecule has 0 bridgehead atoms. The van der Waals surface area contributed by atoms with Crippen LogP contribution in [0.1, 0.15) is 19.8 Å². The molecule has 1 rings (SSSR count). The Bertz CT molecular complexity index is 77.0. The van der Waals surface area contributed by atoms with E-state index in [1.807, 2.05) is 6.92 Å². The van der Waals surface area contributed by atoms with Crippen molar-refractivity contribution in [1.82, 2.24) is 4.90 Å². The molecule has 54 valence electrons. The van der Waals surface area contributed by atoms with Crippen LogP contribution in [0.15, 0.2) is 0 Å². The second-order valence-corrected chi connectivity index (χ2v) is 2.86. The molecule has 0 radical (unpaired) electrons. The van der Waals surface area contributed by atoms with Crippen molar-refractivity contribution < 1.29 is 5.11 Å². The predicted molar refractivity (Wildman–Crippen MR) is 37.4 cm³/mol. The van der Waals surface area contributed by atoms with E-state index < -0.39 is 0 Å². The van der Waals surface area contributed by atoms with Gasteiger partial charge in [0.15, 0.2) is 0 Å². The fourth-order valence-electron chi connectivity index (χ4n) is 1.34. The first kappa shape index (κ1) is 7.03. The summed E-state index contributed by atoms with van der Waals surface area (Å²) in [4.78, 5) is 2.31. The standard InChI is InChI=1S/C7H15NO/c1-7(9)6-8-4-2-3-5-8/h7,9H,2-6H2,1H3/t7-/m1/s1. The molecule has 0 aromatic rings. The molecule has 0 aromatic heterocycles. The van der Waals surface area contributed by atoms with Gasteiger partial charge in [-0.05, 0) is 32.9 Å². The number of likely N-dealkylation sites (tertiary alicyclic amines) is 1. The SMILES string of the molecule is C[C@@H](O)CN1CCCC1. The summed E-state index contributed by atoms with van der Waals surface area (Å²) in [6.45, 7) is 5.08. The van der Waals surface area contributed by atoms with E-state index in [4.69, 9.17) is 5.11 Å². The number of aliphatic hydroxyl groups excluding tert-OH is 1. The van der Waals surface area contributed by atoms with Gasteiger partial charge in [-0.25, -0.2) is 0 Å². The molecular formula is C7H15NO. The van der Waals surface area contributed by atoms with Crippen molar-refractivity contribution in [2.45, 2.75) is 25.9 Å². The van der Waals surface area contributed by atoms with Gasteiger partial charge in [0, 0.05) is 6.54 Å². The summed E-state index contributed by atoms with van der Waals surface area (Å²) in [5.74, 6) is 0. The molecule has 0 aromatic carbocycles. The Balaban J connectivity index is 2.11. The van der Waals surface area contributed by atoms with Crippen molar-refractivity contribution in [3.63, 3.8) is 0 Å². The van der Waals surface area contributed by atoms with Crippen LogP contribution in [0.2, 0.25) is 0 Å². The Morgan fingerprint density at radius 3 is 2.44 bits per heavy atom. The molecule has 1 atom stereocenters. The van der Waals surface area contributed by atoms with E-state index in [1.54, 1.807) is 0 Å². The number of hydrogen-bond donors (Lipinski definition) is 1. The van der Waals surface area contributed by atoms with Crippen LogP contribution in [-0.2, 0) is 0 Å². The predicted octanol–water partition coefficient (Wildman–Crippen LogP) is 0.463. The molecule has 1 N–H and O–H groups in total. The minimum absolute atomic E-state index is 0.150. The summed E-state index contributed by atoms with van der Waals surface area (Å²) >= 11 is 0. The van der Waals surface area contributed by atoms with Gasteiger partial charge < -0.3 is 10.0 Å². The maximum Gasteiger partial charge on any atom is 0.0639 e. The maximum atomic E-state index is 8.97. The van der Waals surface area contributed by atoms with E-state index in [2.05, 4.69) is 4.90 Å². The van der Waals surface area contributed by atoms with E-state index in [0.717, 1.165) is 6.54 Å². The molecule has 1 heterocycles. The van der Waals surface area contributed by atoms with Crippen LogP contribution in [0.3, 0.4) is 0 Å². The van der Waals surface area contributed by atoms with Crippen LogP contribution in [0.5, 0.6) is 0 Å². The zero-order chi connectivity index (χ0) is 6.69. The summed E-state index contributed by atoms with van der Waals surface area (Å²) in [5.41, 5.74) is 0. The lowest BCUT2D eigenvalue weighted by atomic mass is 10.4. The fourth-order valence-corrected chi connectivity index (χ4v) is 1.34. The quantitative estimate of drug-likeness (QED) is 0.585. The molecule has 0 saturated carbocycles. The van der Waals surface area contributed by atoms with E-state index in [1.165, 1.54) is 25.9 Å². The zero-order valence-corrected chi connectivity index (χ0v) is 6.01. The van der Waals surface area contributed by atoms with Crippen LogP contribution >= 0.6 is 0 Å². The first-order valence-corrected chi connectivity index (χ1v) is 3.69. The first-order valence-electron chi connectivity index (χ1n) is 3.69. The average molecular weight is 129 g/mol. The largest absolute Gasteiger partial charge is 0.392 e. The van der Waals surface area contributed by atoms with Crippen LogP contribution in [0, 0.1) is 0 Å². The van der Waals surface area contributed by atoms with Crippen molar-refractivity contribution in [2.75, 3.05) is 19.6 Å². The van der Waals surface area contributed by atoms with E-state index >= 15 is 0 Å². The molecule has 1 fully saturated rings. The highest BCUT2D eigenvalue weighted by atomic mass is 16.3. The molecule has 1 aliphatic rings. The van der Waals surface area contributed by atoms with E-state index in [-0.39, 0.29) is 6.10 Å². The molecule has 0 unspecified atom stereocenters. The van der Waals surface area contributed by atoms with E-state index in [0.29, 0.717) is 0 Å². The molecule has 1 aliphatic heterocycles. The molecular weight excluding hydrogens is 114 g/mol. The highest BCUT2D eigenvalue weighted by molar-refractivity contribution is 4.67. The summed E-state index contributed by atoms with van der Waals surface area (Å²) in [7, 11) is 0. The number of nitrogens with zero attached hydrogens (tertiary/aromatic N) is 1. The molecule has 2 nitrogen and oxygen atoms in total. The highest BCUT2D eigenvalue weighted by Crippen LogP contribution is 2.06. The van der Waals surface area contributed by atoms with Gasteiger partial charge in [-0.1, -0.05) is 0 Å². The third kappa shape index (κ3) is 2.33. The van der Waals surface area contributed by atoms with Gasteiger partial charge in [0.25, 0.3) is 0 Å². The van der Waals surface area contributed by atoms with Crippen LogP contribution in [-0.4, -0.2) is 35.7 Å². The van der Waals surface area contributed by atoms with Gasteiger partial charge >= 0.3 is 0 Å². The third-order valence-corrected chi connectivity index (χ3v) is 1.72. The van der Waals surface area contributed by atoms with Crippen molar-refractivity contribution >= 4 is 0 Å². The summed E-state index contributed by atoms with van der Waals surface area (Å²) in [6.07, 6.45) is 2.47. The average Bonchev–Trinajstić information content (AvgIpc) is 2.15. The van der Waals surface area contributed by atoms with Gasteiger partial charge in [0.1, 0.15) is 0 Å². The van der Waals surface area contributed by atoms with Gasteiger partial charge in [0.05, 0.1) is 6.10 Å². The van der Waals surface area contributed by atoms with Crippen molar-refractivity contribution in [3.8, 4) is 0 Å². The lowest BCUT2D eigenvalue weighted by molar-refractivity contribution is 0.141. The third-order valence-electron chi connectivity index (χ3n) is 1.72. The zero-order valence-electron chi connectivity index (χ0n) is 6.01. The number of rotatable bonds is 2. The summed E-state index contributed by atoms with van der Waals surface area (Å²) in [6, 6.07) is 0. The highest BCUT2D eigenvalue weighted by Gasteiger charge is 2.12. The monoisotopic (exact) mass is 129 g/mol. The van der Waals surface area contributed by atoms with Crippen LogP contribution in [0.4, 0.5) is 0 Å². The fraction of sp³-hybridized carbons (Fsp3) is 1.00. The van der Waals surface area contributed by atoms with Crippen molar-refractivity contribution in [2.24, 2.45) is 0 Å². The molecule has 1 saturated heterocycles. The van der Waals surface area contributed by atoms with Gasteiger partial charge in [-0.3, -0.25) is 0 Å². The van der Waals surface area contributed by atoms with Crippen LogP contribution < -0.4 is 0 Å². The molecule has 2 heteroatoms. The molecule has 0 aliphatic carbocycles.